The SMILES string of the molecule is C[C@H](N)C(=O)N[C@@H](C)C(=O)NCC(=O)N[C@@H](C)C(=O)N[C@@H](C)C(=O)N[C@@H](C)C(=O)N[C@@H](C)C(=O)N[C@@H](C)C(=O)N[C@@H](C)C(=O)N[C@@H](C)C=O. The van der Waals surface area contributed by atoms with Crippen LogP contribution in [0.3, 0.4) is 0 Å². The molecule has 0 unspecified atom stereocenters. The quantitative estimate of drug-likeness (QED) is 0.0568. The lowest BCUT2D eigenvalue weighted by Gasteiger charge is -2.23. The highest BCUT2D eigenvalue weighted by molar-refractivity contribution is 5.97. The molecule has 0 saturated heterocycles. The van der Waals surface area contributed by atoms with Gasteiger partial charge in [0, 0.05) is 0 Å². The van der Waals surface area contributed by atoms with Crippen molar-refractivity contribution in [1.29, 1.82) is 0 Å². The molecule has 0 aromatic heterocycles. The van der Waals surface area contributed by atoms with Crippen LogP contribution in [-0.2, 0) is 47.9 Å². The maximum absolute atomic E-state index is 12.6. The fourth-order valence-electron chi connectivity index (χ4n) is 3.49. The fourth-order valence-corrected chi connectivity index (χ4v) is 3.49. The molecule has 49 heavy (non-hydrogen) atoms. The average molecular weight is 699 g/mol. The number of hydrogen-bond acceptors (Lipinski definition) is 11. The maximum Gasteiger partial charge on any atom is 0.242 e. The molecule has 20 nitrogen and oxygen atoms in total. The van der Waals surface area contributed by atoms with Gasteiger partial charge in [0.05, 0.1) is 18.6 Å². The van der Waals surface area contributed by atoms with Gasteiger partial charge in [0.15, 0.2) is 0 Å². The van der Waals surface area contributed by atoms with Gasteiger partial charge in [-0.15, -0.1) is 0 Å². The zero-order chi connectivity index (χ0) is 38.2. The maximum atomic E-state index is 12.6. The van der Waals surface area contributed by atoms with Gasteiger partial charge in [0.2, 0.25) is 53.2 Å². The Bertz CT molecular complexity index is 1260. The van der Waals surface area contributed by atoms with Gasteiger partial charge in [0.25, 0.3) is 0 Å². The van der Waals surface area contributed by atoms with Crippen LogP contribution >= 0.6 is 0 Å². The van der Waals surface area contributed by atoms with E-state index < -0.39 is 114 Å². The third kappa shape index (κ3) is 16.5. The third-order valence-electron chi connectivity index (χ3n) is 6.69. The van der Waals surface area contributed by atoms with Crippen LogP contribution < -0.4 is 53.6 Å². The van der Waals surface area contributed by atoms with E-state index in [-0.39, 0.29) is 0 Å². The van der Waals surface area contributed by atoms with Crippen LogP contribution in [0.5, 0.6) is 0 Å². The number of carbonyl (C=O) groups is 10. The lowest BCUT2D eigenvalue weighted by molar-refractivity contribution is -0.134. The summed E-state index contributed by atoms with van der Waals surface area (Å²) in [4.78, 5) is 121. The molecule has 9 amide bonds. The van der Waals surface area contributed by atoms with Crippen LogP contribution in [0.15, 0.2) is 0 Å². The lowest BCUT2D eigenvalue weighted by Crippen LogP contribution is -2.58. The number of nitrogens with two attached hydrogens (primary N) is 1. The van der Waals surface area contributed by atoms with Crippen LogP contribution in [0.1, 0.15) is 62.3 Å². The summed E-state index contributed by atoms with van der Waals surface area (Å²) in [5.74, 6) is -6.22. The molecule has 0 bridgehead atoms. The summed E-state index contributed by atoms with van der Waals surface area (Å²) in [6, 6.07) is -9.20. The molecular formula is C29H50N10O10. The Morgan fingerprint density at radius 1 is 0.429 bits per heavy atom. The Morgan fingerprint density at radius 2 is 0.694 bits per heavy atom. The summed E-state index contributed by atoms with van der Waals surface area (Å²) in [5, 5.41) is 21.4. The number of aldehydes is 1. The molecule has 276 valence electrons. The van der Waals surface area contributed by atoms with Crippen molar-refractivity contribution in [2.45, 2.75) is 117 Å². The van der Waals surface area contributed by atoms with Gasteiger partial charge in [-0.25, -0.2) is 0 Å². The van der Waals surface area contributed by atoms with Crippen molar-refractivity contribution in [1.82, 2.24) is 47.9 Å². The summed E-state index contributed by atoms with van der Waals surface area (Å²) in [5.41, 5.74) is 5.43. The minimum Gasteiger partial charge on any atom is -0.345 e. The zero-order valence-corrected chi connectivity index (χ0v) is 29.1. The van der Waals surface area contributed by atoms with E-state index in [0.29, 0.717) is 6.29 Å². The van der Waals surface area contributed by atoms with Crippen LogP contribution in [0.2, 0.25) is 0 Å². The highest BCUT2D eigenvalue weighted by atomic mass is 16.2. The van der Waals surface area contributed by atoms with Gasteiger partial charge >= 0.3 is 0 Å². The molecule has 0 aromatic carbocycles. The first-order valence-corrected chi connectivity index (χ1v) is 15.5. The van der Waals surface area contributed by atoms with Crippen molar-refractivity contribution in [3.8, 4) is 0 Å². The standard InChI is InChI=1S/C29H50N10O10/c1-12(11-40)32-24(44)16(5)35-26(46)18(7)37-28(48)20(9)39-29(49)19(8)38-27(47)17(6)36-25(45)15(4)33-21(41)10-31-23(43)14(3)34-22(42)13(2)30/h11-20H,10,30H2,1-9H3,(H,31,43)(H,32,44)(H,33,41)(H,34,42)(H,35,46)(H,36,45)(H,37,48)(H,38,47)(H,39,49)/t12-,13-,14-,15-,16-,17-,18-,19-,20-/m0/s1. The normalized spacial score (nSPS) is 16.1. The summed E-state index contributed by atoms with van der Waals surface area (Å²) >= 11 is 0. The van der Waals surface area contributed by atoms with E-state index in [1.165, 1.54) is 62.3 Å². The van der Waals surface area contributed by atoms with Crippen LogP contribution in [-0.4, -0.2) is 120 Å². The molecule has 0 fully saturated rings. The predicted octanol–water partition coefficient (Wildman–Crippen LogP) is -5.31. The van der Waals surface area contributed by atoms with E-state index in [0.717, 1.165) is 0 Å². The highest BCUT2D eigenvalue weighted by Gasteiger charge is 2.27. The van der Waals surface area contributed by atoms with Gasteiger partial charge in [-0.05, 0) is 62.3 Å². The number of rotatable bonds is 19. The average Bonchev–Trinajstić information content (AvgIpc) is 3.02. The second-order valence-corrected chi connectivity index (χ2v) is 11.6. The molecule has 0 rings (SSSR count). The second-order valence-electron chi connectivity index (χ2n) is 11.6. The molecule has 0 heterocycles. The van der Waals surface area contributed by atoms with E-state index in [1.54, 1.807) is 0 Å². The van der Waals surface area contributed by atoms with E-state index in [4.69, 9.17) is 5.73 Å². The van der Waals surface area contributed by atoms with E-state index in [9.17, 15) is 47.9 Å². The van der Waals surface area contributed by atoms with Crippen molar-refractivity contribution in [2.24, 2.45) is 5.73 Å². The summed E-state index contributed by atoms with van der Waals surface area (Å²) in [6.07, 6.45) is 0.521. The van der Waals surface area contributed by atoms with Gasteiger partial charge in [-0.2, -0.15) is 0 Å². The summed E-state index contributed by atoms with van der Waals surface area (Å²) in [6.45, 7) is 11.9. The van der Waals surface area contributed by atoms with E-state index >= 15 is 0 Å². The third-order valence-corrected chi connectivity index (χ3v) is 6.69. The molecule has 9 atom stereocenters. The largest absolute Gasteiger partial charge is 0.345 e. The van der Waals surface area contributed by atoms with Crippen LogP contribution in [0.25, 0.3) is 0 Å². The molecule has 0 aliphatic rings. The molecule has 0 radical (unpaired) electrons. The predicted molar refractivity (Wildman–Crippen MR) is 174 cm³/mol. The lowest BCUT2D eigenvalue weighted by atomic mass is 10.2. The molecular weight excluding hydrogens is 648 g/mol. The first-order chi connectivity index (χ1) is 22.6. The minimum atomic E-state index is -1.16. The van der Waals surface area contributed by atoms with Crippen LogP contribution in [0.4, 0.5) is 0 Å². The van der Waals surface area contributed by atoms with Crippen molar-refractivity contribution in [3.63, 3.8) is 0 Å². The molecule has 0 spiro atoms. The zero-order valence-electron chi connectivity index (χ0n) is 29.1. The van der Waals surface area contributed by atoms with Gasteiger partial charge in [-0.3, -0.25) is 43.2 Å². The summed E-state index contributed by atoms with van der Waals surface area (Å²) in [7, 11) is 0. The molecule has 11 N–H and O–H groups in total. The van der Waals surface area contributed by atoms with Crippen molar-refractivity contribution < 1.29 is 47.9 Å². The molecule has 0 aromatic rings. The summed E-state index contributed by atoms with van der Waals surface area (Å²) < 4.78 is 0. The van der Waals surface area contributed by atoms with Crippen molar-refractivity contribution in [2.75, 3.05) is 6.54 Å². The Hall–Kier alpha value is -5.14. The molecule has 0 aliphatic carbocycles. The number of amides is 9. The van der Waals surface area contributed by atoms with E-state index in [2.05, 4.69) is 47.9 Å². The Labute approximate surface area is 284 Å². The van der Waals surface area contributed by atoms with E-state index in [1.807, 2.05) is 0 Å². The van der Waals surface area contributed by atoms with Gasteiger partial charge in [0.1, 0.15) is 48.6 Å². The molecule has 0 aliphatic heterocycles. The second kappa shape index (κ2) is 21.0. The Kier molecular flexibility index (Phi) is 18.8. The Morgan fingerprint density at radius 3 is 1.00 bits per heavy atom. The number of carbonyl (C=O) groups excluding carboxylic acids is 10. The number of nitrogens with one attached hydrogen (secondary N) is 9. The minimum absolute atomic E-state index is 0.499. The number of hydrogen-bond donors (Lipinski definition) is 10. The fraction of sp³-hybridized carbons (Fsp3) is 0.655. The monoisotopic (exact) mass is 698 g/mol. The first-order valence-electron chi connectivity index (χ1n) is 15.5. The topological polar surface area (TPSA) is 305 Å². The highest BCUT2D eigenvalue weighted by Crippen LogP contribution is 1.95. The molecule has 0 saturated carbocycles. The van der Waals surface area contributed by atoms with Gasteiger partial charge < -0.3 is 58.4 Å². The van der Waals surface area contributed by atoms with Crippen LogP contribution in [0, 0.1) is 0 Å². The van der Waals surface area contributed by atoms with Crippen molar-refractivity contribution >= 4 is 59.5 Å². The van der Waals surface area contributed by atoms with Crippen molar-refractivity contribution in [3.05, 3.63) is 0 Å². The van der Waals surface area contributed by atoms with Gasteiger partial charge in [-0.1, -0.05) is 0 Å². The first kappa shape index (κ1) is 43.9. The molecule has 20 heteroatoms. The smallest absolute Gasteiger partial charge is 0.242 e. The Balaban J connectivity index is 4.75.